The van der Waals surface area contributed by atoms with Crippen LogP contribution in [0.1, 0.15) is 41.6 Å². The minimum Gasteiger partial charge on any atom is -0.478 e. The average Bonchev–Trinajstić information content (AvgIpc) is 2.84. The monoisotopic (exact) mass is 284 g/mol. The minimum atomic E-state index is -0.929. The Balaban J connectivity index is 1.87. The number of halogens is 1. The van der Waals surface area contributed by atoms with Gasteiger partial charge in [-0.25, -0.2) is 4.79 Å². The number of carboxylic acid groups (broad SMARTS) is 1. The van der Waals surface area contributed by atoms with Crippen molar-refractivity contribution >= 4 is 29.3 Å². The number of rotatable bonds is 5. The lowest BCUT2D eigenvalue weighted by atomic mass is 10.1. The van der Waals surface area contributed by atoms with Crippen LogP contribution in [0.5, 0.6) is 0 Å². The highest BCUT2D eigenvalue weighted by atomic mass is 35.5. The Morgan fingerprint density at radius 3 is 2.72 bits per heavy atom. The molecule has 0 amide bonds. The third kappa shape index (κ3) is 3.66. The molecule has 0 bridgehead atoms. The van der Waals surface area contributed by atoms with E-state index in [-0.39, 0.29) is 5.56 Å². The van der Waals surface area contributed by atoms with Gasteiger partial charge in [-0.1, -0.05) is 30.5 Å². The molecule has 2 rings (SSSR count). The first-order valence-corrected chi connectivity index (χ1v) is 7.79. The normalized spacial score (nSPS) is 16.1. The highest BCUT2D eigenvalue weighted by Gasteiger charge is 2.15. The van der Waals surface area contributed by atoms with Crippen LogP contribution in [0.2, 0.25) is 5.02 Å². The van der Waals surface area contributed by atoms with E-state index in [2.05, 4.69) is 0 Å². The van der Waals surface area contributed by atoms with Crippen LogP contribution in [0.25, 0.3) is 0 Å². The summed E-state index contributed by atoms with van der Waals surface area (Å²) in [5, 5.41) is 9.42. The van der Waals surface area contributed by atoms with Gasteiger partial charge < -0.3 is 5.11 Å². The van der Waals surface area contributed by atoms with E-state index in [1.54, 1.807) is 6.07 Å². The Morgan fingerprint density at radius 2 is 2.11 bits per heavy atom. The van der Waals surface area contributed by atoms with Crippen LogP contribution in [0.4, 0.5) is 0 Å². The Hall–Kier alpha value is -0.670. The summed E-state index contributed by atoms with van der Waals surface area (Å²) >= 11 is 7.99. The van der Waals surface area contributed by atoms with E-state index in [1.807, 2.05) is 17.8 Å². The molecule has 1 aromatic rings. The van der Waals surface area contributed by atoms with Crippen molar-refractivity contribution in [1.29, 1.82) is 0 Å². The first-order valence-electron chi connectivity index (χ1n) is 6.26. The Bertz CT molecular complexity index is 428. The van der Waals surface area contributed by atoms with Gasteiger partial charge >= 0.3 is 5.97 Å². The highest BCUT2D eigenvalue weighted by Crippen LogP contribution is 2.30. The molecular weight excluding hydrogens is 268 g/mol. The van der Waals surface area contributed by atoms with Crippen LogP contribution in [0.3, 0.4) is 0 Å². The van der Waals surface area contributed by atoms with E-state index in [4.69, 9.17) is 16.7 Å². The zero-order chi connectivity index (χ0) is 13.0. The van der Waals surface area contributed by atoms with E-state index in [0.717, 1.165) is 17.2 Å². The fourth-order valence-corrected chi connectivity index (χ4v) is 3.89. The third-order valence-electron chi connectivity index (χ3n) is 3.39. The molecule has 0 atom stereocenters. The number of benzene rings is 1. The molecule has 98 valence electrons. The summed E-state index contributed by atoms with van der Waals surface area (Å²) in [5.74, 6) is 2.00. The molecule has 1 aliphatic carbocycles. The number of thioether (sulfide) groups is 1. The minimum absolute atomic E-state index is 0.254. The van der Waals surface area contributed by atoms with Gasteiger partial charge in [0, 0.05) is 10.8 Å². The molecule has 1 saturated carbocycles. The number of carboxylic acids is 1. The smallest absolute Gasteiger partial charge is 0.335 e. The molecule has 0 heterocycles. The molecule has 1 aromatic carbocycles. The number of hydrogen-bond acceptors (Lipinski definition) is 2. The van der Waals surface area contributed by atoms with Crippen molar-refractivity contribution < 1.29 is 9.90 Å². The predicted molar refractivity (Wildman–Crippen MR) is 76.5 cm³/mol. The van der Waals surface area contributed by atoms with Crippen molar-refractivity contribution in [3.63, 3.8) is 0 Å². The maximum Gasteiger partial charge on any atom is 0.335 e. The van der Waals surface area contributed by atoms with Gasteiger partial charge in [0.1, 0.15) is 0 Å². The summed E-state index contributed by atoms with van der Waals surface area (Å²) in [5.41, 5.74) is 1.29. The van der Waals surface area contributed by atoms with Gasteiger partial charge in [-0.05, 0) is 42.2 Å². The molecule has 0 saturated heterocycles. The van der Waals surface area contributed by atoms with Crippen molar-refractivity contribution in [3.8, 4) is 0 Å². The lowest BCUT2D eigenvalue weighted by molar-refractivity contribution is 0.0697. The number of hydrogen-bond donors (Lipinski definition) is 1. The molecule has 0 unspecified atom stereocenters. The zero-order valence-electron chi connectivity index (χ0n) is 10.2. The van der Waals surface area contributed by atoms with Gasteiger partial charge in [-0.3, -0.25) is 0 Å². The molecule has 0 aromatic heterocycles. The largest absolute Gasteiger partial charge is 0.478 e. The molecule has 1 N–H and O–H groups in total. The first kappa shape index (κ1) is 13.8. The maximum atomic E-state index is 10.8. The van der Waals surface area contributed by atoms with E-state index in [0.29, 0.717) is 5.02 Å². The molecule has 18 heavy (non-hydrogen) atoms. The maximum absolute atomic E-state index is 10.8. The number of aromatic carboxylic acids is 1. The Kier molecular flexibility index (Phi) is 4.95. The van der Waals surface area contributed by atoms with Gasteiger partial charge in [0.2, 0.25) is 0 Å². The van der Waals surface area contributed by atoms with Crippen LogP contribution in [-0.2, 0) is 5.75 Å². The van der Waals surface area contributed by atoms with Crippen LogP contribution in [-0.4, -0.2) is 16.8 Å². The zero-order valence-corrected chi connectivity index (χ0v) is 11.8. The molecule has 0 aliphatic heterocycles. The summed E-state index contributed by atoms with van der Waals surface area (Å²) in [4.78, 5) is 10.8. The standard InChI is InChI=1S/C14H17ClO2S/c15-13-7-11(14(16)17)5-6-12(13)9-18-8-10-3-1-2-4-10/h5-7,10H,1-4,8-9H2,(H,16,17). The summed E-state index contributed by atoms with van der Waals surface area (Å²) in [7, 11) is 0. The Morgan fingerprint density at radius 1 is 1.39 bits per heavy atom. The second-order valence-electron chi connectivity index (χ2n) is 4.78. The first-order chi connectivity index (χ1) is 8.66. The predicted octanol–water partition coefficient (Wildman–Crippen LogP) is 4.46. The van der Waals surface area contributed by atoms with Crippen LogP contribution in [0, 0.1) is 5.92 Å². The molecule has 0 spiro atoms. The van der Waals surface area contributed by atoms with Crippen LogP contribution < -0.4 is 0 Å². The fraction of sp³-hybridized carbons (Fsp3) is 0.500. The van der Waals surface area contributed by atoms with Gasteiger partial charge in [-0.2, -0.15) is 11.8 Å². The summed E-state index contributed by atoms with van der Waals surface area (Å²) in [6, 6.07) is 4.99. The quantitative estimate of drug-likeness (QED) is 0.867. The van der Waals surface area contributed by atoms with Crippen molar-refractivity contribution in [2.45, 2.75) is 31.4 Å². The molecule has 1 fully saturated rings. The second kappa shape index (κ2) is 6.48. The van der Waals surface area contributed by atoms with Gasteiger partial charge in [0.15, 0.2) is 0 Å². The fourth-order valence-electron chi connectivity index (χ4n) is 2.31. The molecular formula is C14H17ClO2S. The summed E-state index contributed by atoms with van der Waals surface area (Å²) < 4.78 is 0. The van der Waals surface area contributed by atoms with Crippen LogP contribution >= 0.6 is 23.4 Å². The van der Waals surface area contributed by atoms with E-state index < -0.39 is 5.97 Å². The van der Waals surface area contributed by atoms with Crippen LogP contribution in [0.15, 0.2) is 18.2 Å². The summed E-state index contributed by atoms with van der Waals surface area (Å²) in [6.07, 6.45) is 5.47. The van der Waals surface area contributed by atoms with Gasteiger partial charge in [0.25, 0.3) is 0 Å². The van der Waals surface area contributed by atoms with Gasteiger partial charge in [-0.15, -0.1) is 0 Å². The lowest BCUT2D eigenvalue weighted by Gasteiger charge is -2.09. The van der Waals surface area contributed by atoms with Gasteiger partial charge in [0.05, 0.1) is 5.56 Å². The lowest BCUT2D eigenvalue weighted by Crippen LogP contribution is -1.99. The Labute approximate surface area is 117 Å². The summed E-state index contributed by atoms with van der Waals surface area (Å²) in [6.45, 7) is 0. The average molecular weight is 285 g/mol. The van der Waals surface area contributed by atoms with Crippen molar-refractivity contribution in [1.82, 2.24) is 0 Å². The topological polar surface area (TPSA) is 37.3 Å². The van der Waals surface area contributed by atoms with Crippen molar-refractivity contribution in [2.75, 3.05) is 5.75 Å². The second-order valence-corrected chi connectivity index (χ2v) is 6.21. The molecule has 1 aliphatic rings. The molecule has 0 radical (unpaired) electrons. The SMILES string of the molecule is O=C(O)c1ccc(CSCC2CCCC2)c(Cl)c1. The number of carbonyl (C=O) groups is 1. The molecule has 2 nitrogen and oxygen atoms in total. The van der Waals surface area contributed by atoms with E-state index in [9.17, 15) is 4.79 Å². The van der Waals surface area contributed by atoms with Crippen molar-refractivity contribution in [2.24, 2.45) is 5.92 Å². The van der Waals surface area contributed by atoms with E-state index in [1.165, 1.54) is 37.5 Å². The van der Waals surface area contributed by atoms with Crippen molar-refractivity contribution in [3.05, 3.63) is 34.3 Å². The highest BCUT2D eigenvalue weighted by molar-refractivity contribution is 7.98. The molecule has 4 heteroatoms. The third-order valence-corrected chi connectivity index (χ3v) is 4.96. The van der Waals surface area contributed by atoms with E-state index >= 15 is 0 Å².